The maximum absolute atomic E-state index is 13.0. The van der Waals surface area contributed by atoms with E-state index in [1.54, 1.807) is 6.07 Å². The molecule has 30 heavy (non-hydrogen) atoms. The van der Waals surface area contributed by atoms with Crippen molar-refractivity contribution < 1.29 is 13.2 Å². The summed E-state index contributed by atoms with van der Waals surface area (Å²) in [6, 6.07) is 17.8. The van der Waals surface area contributed by atoms with Crippen LogP contribution in [-0.2, 0) is 12.6 Å². The predicted molar refractivity (Wildman–Crippen MR) is 112 cm³/mol. The van der Waals surface area contributed by atoms with Gasteiger partial charge in [0, 0.05) is 31.9 Å². The third kappa shape index (κ3) is 4.56. The highest BCUT2D eigenvalue weighted by Gasteiger charge is 2.31. The van der Waals surface area contributed by atoms with Crippen LogP contribution in [0.25, 0.3) is 0 Å². The molecular weight excluding hydrogens is 389 g/mol. The fraction of sp³-hybridized carbons (Fsp3) is 0.304. The van der Waals surface area contributed by atoms with Crippen LogP contribution in [0, 0.1) is 6.92 Å². The quantitative estimate of drug-likeness (QED) is 0.621. The molecule has 1 saturated heterocycles. The molecule has 0 unspecified atom stereocenters. The summed E-state index contributed by atoms with van der Waals surface area (Å²) in [5.41, 5.74) is 3.24. The zero-order chi connectivity index (χ0) is 21.1. The van der Waals surface area contributed by atoms with Gasteiger partial charge in [-0.2, -0.15) is 18.3 Å². The highest BCUT2D eigenvalue weighted by Crippen LogP contribution is 2.32. The van der Waals surface area contributed by atoms with Gasteiger partial charge in [-0.25, -0.2) is 0 Å². The van der Waals surface area contributed by atoms with Crippen LogP contribution in [0.1, 0.15) is 22.4 Å². The number of alkyl halides is 3. The van der Waals surface area contributed by atoms with Gasteiger partial charge in [-0.1, -0.05) is 36.4 Å². The molecule has 2 heterocycles. The third-order valence-corrected chi connectivity index (χ3v) is 5.45. The average molecular weight is 412 g/mol. The van der Waals surface area contributed by atoms with E-state index in [1.165, 1.54) is 17.7 Å². The molecule has 4 nitrogen and oxygen atoms in total. The van der Waals surface area contributed by atoms with E-state index < -0.39 is 11.7 Å². The molecule has 7 heteroatoms. The van der Waals surface area contributed by atoms with Gasteiger partial charge in [-0.3, -0.25) is 0 Å². The largest absolute Gasteiger partial charge is 0.416 e. The maximum atomic E-state index is 13.0. The normalized spacial score (nSPS) is 14.8. The molecule has 0 radical (unpaired) electrons. The highest BCUT2D eigenvalue weighted by molar-refractivity contribution is 5.52. The Morgan fingerprint density at radius 2 is 1.53 bits per heavy atom. The van der Waals surface area contributed by atoms with Crippen molar-refractivity contribution in [3.05, 3.63) is 83.0 Å². The van der Waals surface area contributed by atoms with Gasteiger partial charge < -0.3 is 9.80 Å². The number of hydrogen-bond acceptors (Lipinski definition) is 4. The molecule has 0 saturated carbocycles. The number of benzene rings is 2. The van der Waals surface area contributed by atoms with Gasteiger partial charge >= 0.3 is 6.18 Å². The number of nitrogens with zero attached hydrogens (tertiary/aromatic N) is 4. The van der Waals surface area contributed by atoms with Crippen molar-refractivity contribution >= 4 is 11.5 Å². The molecule has 2 aromatic carbocycles. The van der Waals surface area contributed by atoms with Crippen molar-refractivity contribution in [2.24, 2.45) is 0 Å². The van der Waals surface area contributed by atoms with Crippen LogP contribution < -0.4 is 9.80 Å². The van der Waals surface area contributed by atoms with Crippen LogP contribution in [0.3, 0.4) is 0 Å². The Morgan fingerprint density at radius 1 is 0.833 bits per heavy atom. The van der Waals surface area contributed by atoms with E-state index in [4.69, 9.17) is 0 Å². The van der Waals surface area contributed by atoms with Gasteiger partial charge in [0.15, 0.2) is 5.82 Å². The van der Waals surface area contributed by atoms with Crippen LogP contribution in [0.2, 0.25) is 0 Å². The second-order valence-electron chi connectivity index (χ2n) is 7.50. The van der Waals surface area contributed by atoms with Crippen molar-refractivity contribution in [1.29, 1.82) is 0 Å². The van der Waals surface area contributed by atoms with Gasteiger partial charge in [0.2, 0.25) is 0 Å². The van der Waals surface area contributed by atoms with Crippen LogP contribution >= 0.6 is 0 Å². The lowest BCUT2D eigenvalue weighted by Crippen LogP contribution is -2.47. The number of aryl methyl sites for hydroxylation is 1. The van der Waals surface area contributed by atoms with Crippen molar-refractivity contribution in [3.8, 4) is 0 Å². The van der Waals surface area contributed by atoms with Crippen molar-refractivity contribution in [2.75, 3.05) is 36.0 Å². The first-order chi connectivity index (χ1) is 14.4. The fourth-order valence-corrected chi connectivity index (χ4v) is 3.70. The fourth-order valence-electron chi connectivity index (χ4n) is 3.70. The van der Waals surface area contributed by atoms with E-state index in [9.17, 15) is 13.2 Å². The summed E-state index contributed by atoms with van der Waals surface area (Å²) in [4.78, 5) is 4.13. The average Bonchev–Trinajstić information content (AvgIpc) is 2.76. The zero-order valence-electron chi connectivity index (χ0n) is 16.7. The summed E-state index contributed by atoms with van der Waals surface area (Å²) >= 11 is 0. The Hall–Kier alpha value is -3.09. The molecule has 1 aromatic heterocycles. The minimum Gasteiger partial charge on any atom is -0.368 e. The van der Waals surface area contributed by atoms with E-state index in [-0.39, 0.29) is 0 Å². The number of halogens is 3. The minimum atomic E-state index is -4.33. The van der Waals surface area contributed by atoms with Gasteiger partial charge in [0.1, 0.15) is 0 Å². The summed E-state index contributed by atoms with van der Waals surface area (Å²) in [5, 5.41) is 8.69. The number of piperazine rings is 1. The molecule has 0 atom stereocenters. The lowest BCUT2D eigenvalue weighted by Gasteiger charge is -2.36. The Balaban J connectivity index is 1.45. The molecule has 4 rings (SSSR count). The molecule has 0 amide bonds. The lowest BCUT2D eigenvalue weighted by atomic mass is 10.0. The second kappa shape index (κ2) is 8.34. The van der Waals surface area contributed by atoms with E-state index in [0.29, 0.717) is 31.9 Å². The van der Waals surface area contributed by atoms with Gasteiger partial charge in [-0.15, -0.1) is 5.10 Å². The molecule has 0 bridgehead atoms. The van der Waals surface area contributed by atoms with Crippen LogP contribution in [-0.4, -0.2) is 36.4 Å². The first-order valence-corrected chi connectivity index (χ1v) is 9.94. The molecular formula is C23H23F3N4. The molecule has 1 aliphatic heterocycles. The summed E-state index contributed by atoms with van der Waals surface area (Å²) < 4.78 is 39.0. The summed E-state index contributed by atoms with van der Waals surface area (Å²) in [5.74, 6) is 0.815. The third-order valence-electron chi connectivity index (χ3n) is 5.45. The van der Waals surface area contributed by atoms with Gasteiger partial charge in [0.25, 0.3) is 0 Å². The van der Waals surface area contributed by atoms with Crippen LogP contribution in [0.5, 0.6) is 0 Å². The monoisotopic (exact) mass is 412 g/mol. The topological polar surface area (TPSA) is 32.3 Å². The summed E-state index contributed by atoms with van der Waals surface area (Å²) in [7, 11) is 0. The van der Waals surface area contributed by atoms with E-state index in [2.05, 4.69) is 33.3 Å². The van der Waals surface area contributed by atoms with E-state index in [1.807, 2.05) is 30.0 Å². The Labute approximate surface area is 174 Å². The van der Waals surface area contributed by atoms with Crippen molar-refractivity contribution in [1.82, 2.24) is 10.2 Å². The zero-order valence-corrected chi connectivity index (χ0v) is 16.7. The molecule has 1 fully saturated rings. The molecule has 0 aliphatic carbocycles. The highest BCUT2D eigenvalue weighted by atomic mass is 19.4. The molecule has 3 aromatic rings. The predicted octanol–water partition coefficient (Wildman–Crippen LogP) is 4.72. The van der Waals surface area contributed by atoms with Crippen molar-refractivity contribution in [3.63, 3.8) is 0 Å². The minimum absolute atomic E-state index is 0.601. The number of hydrogen-bond donors (Lipinski definition) is 0. The standard InChI is InChI=1S/C23H23F3N4/c1-17-19(14-18-6-3-2-4-7-18)15-22(28-27-17)30-12-10-29(11-13-30)21-9-5-8-20(16-21)23(24,25)26/h2-9,15-16H,10-14H2,1H3. The maximum Gasteiger partial charge on any atom is 0.416 e. The summed E-state index contributed by atoms with van der Waals surface area (Å²) in [6.07, 6.45) is -3.54. The van der Waals surface area contributed by atoms with Gasteiger partial charge in [0.05, 0.1) is 11.3 Å². The number of aromatic nitrogens is 2. The van der Waals surface area contributed by atoms with E-state index in [0.717, 1.165) is 29.6 Å². The van der Waals surface area contributed by atoms with Crippen molar-refractivity contribution in [2.45, 2.75) is 19.5 Å². The summed E-state index contributed by atoms with van der Waals surface area (Å²) in [6.45, 7) is 4.58. The molecule has 156 valence electrons. The smallest absolute Gasteiger partial charge is 0.368 e. The van der Waals surface area contributed by atoms with Gasteiger partial charge in [-0.05, 0) is 48.7 Å². The molecule has 0 spiro atoms. The Bertz CT molecular complexity index is 997. The molecule has 1 aliphatic rings. The second-order valence-corrected chi connectivity index (χ2v) is 7.50. The van der Waals surface area contributed by atoms with Crippen LogP contribution in [0.4, 0.5) is 24.7 Å². The number of rotatable bonds is 4. The number of anilines is 2. The lowest BCUT2D eigenvalue weighted by molar-refractivity contribution is -0.137. The Morgan fingerprint density at radius 3 is 2.23 bits per heavy atom. The van der Waals surface area contributed by atoms with Crippen LogP contribution in [0.15, 0.2) is 60.7 Å². The van der Waals surface area contributed by atoms with E-state index >= 15 is 0 Å². The Kier molecular flexibility index (Phi) is 5.61. The first kappa shape index (κ1) is 20.2. The first-order valence-electron chi connectivity index (χ1n) is 9.94. The SMILES string of the molecule is Cc1nnc(N2CCN(c3cccc(C(F)(F)F)c3)CC2)cc1Cc1ccccc1. The molecule has 0 N–H and O–H groups in total.